The van der Waals surface area contributed by atoms with Crippen LogP contribution in [0.3, 0.4) is 0 Å². The second kappa shape index (κ2) is 12.1. The largest absolute Gasteiger partial charge is 0.481 e. The third-order valence-corrected chi connectivity index (χ3v) is 3.35. The minimum absolute atomic E-state index is 0.0616. The van der Waals surface area contributed by atoms with Crippen LogP contribution in [0.5, 0.6) is 0 Å². The molecule has 0 bridgehead atoms. The standard InChI is InChI=1S/C7H16NO.C7H14O4/c1-3-8(2)4-6-9-7-5-8;1-2-10-5-6-11-4-3-7(8)9/h3-7H2,1-2H3;2-6H2,1H3,(H,8,9)/q+1;. The molecule has 1 N–H and O–H groups in total. The average Bonchev–Trinajstić information content (AvgIpc) is 2.44. The van der Waals surface area contributed by atoms with E-state index in [1.54, 1.807) is 0 Å². The van der Waals surface area contributed by atoms with Crippen molar-refractivity contribution in [3.05, 3.63) is 0 Å². The van der Waals surface area contributed by atoms with Gasteiger partial charge in [-0.1, -0.05) is 0 Å². The molecule has 0 aromatic heterocycles. The van der Waals surface area contributed by atoms with Gasteiger partial charge in [0, 0.05) is 6.61 Å². The summed E-state index contributed by atoms with van der Waals surface area (Å²) < 4.78 is 16.4. The number of carboxylic acids is 1. The maximum atomic E-state index is 9.98. The van der Waals surface area contributed by atoms with E-state index in [1.165, 1.54) is 24.1 Å². The van der Waals surface area contributed by atoms with E-state index in [0.717, 1.165) is 13.2 Å². The van der Waals surface area contributed by atoms with Gasteiger partial charge in [0.25, 0.3) is 0 Å². The SMILES string of the molecule is CCOCCOCCC(=O)O.CC[N+]1(C)CCOCC1. The molecule has 1 heterocycles. The number of likely N-dealkylation sites (N-methyl/N-ethyl adjacent to an activating group) is 1. The second-order valence-corrected chi connectivity index (χ2v) is 4.95. The van der Waals surface area contributed by atoms with Crippen LogP contribution >= 0.6 is 0 Å². The lowest BCUT2D eigenvalue weighted by molar-refractivity contribution is -0.915. The predicted molar refractivity (Wildman–Crippen MR) is 76.8 cm³/mol. The Kier molecular flexibility index (Phi) is 11.7. The number of carbonyl (C=O) groups is 1. The lowest BCUT2D eigenvalue weighted by atomic mass is 10.3. The van der Waals surface area contributed by atoms with Gasteiger partial charge in [0.05, 0.1) is 53.0 Å². The van der Waals surface area contributed by atoms with Gasteiger partial charge < -0.3 is 23.8 Å². The van der Waals surface area contributed by atoms with Crippen LogP contribution in [0, 0.1) is 0 Å². The first-order valence-electron chi connectivity index (χ1n) is 7.32. The van der Waals surface area contributed by atoms with Crippen LogP contribution in [-0.4, -0.2) is 81.9 Å². The lowest BCUT2D eigenvalue weighted by Crippen LogP contribution is -2.51. The molecule has 0 amide bonds. The molecule has 0 aromatic carbocycles. The Morgan fingerprint density at radius 3 is 2.20 bits per heavy atom. The van der Waals surface area contributed by atoms with E-state index in [4.69, 9.17) is 19.3 Å². The van der Waals surface area contributed by atoms with Gasteiger partial charge in [-0.15, -0.1) is 0 Å². The van der Waals surface area contributed by atoms with E-state index in [9.17, 15) is 4.79 Å². The molecule has 0 radical (unpaired) electrons. The number of aliphatic carboxylic acids is 1. The fourth-order valence-electron chi connectivity index (χ4n) is 1.62. The van der Waals surface area contributed by atoms with Gasteiger partial charge in [-0.05, 0) is 13.8 Å². The Morgan fingerprint density at radius 2 is 1.75 bits per heavy atom. The number of hydrogen-bond acceptors (Lipinski definition) is 4. The zero-order valence-electron chi connectivity index (χ0n) is 13.1. The van der Waals surface area contributed by atoms with E-state index >= 15 is 0 Å². The normalized spacial score (nSPS) is 17.1. The number of rotatable bonds is 8. The van der Waals surface area contributed by atoms with E-state index < -0.39 is 5.97 Å². The van der Waals surface area contributed by atoms with Gasteiger partial charge in [-0.2, -0.15) is 0 Å². The summed E-state index contributed by atoms with van der Waals surface area (Å²) in [7, 11) is 2.29. The number of morpholine rings is 1. The summed E-state index contributed by atoms with van der Waals surface area (Å²) in [4.78, 5) is 9.98. The average molecular weight is 292 g/mol. The van der Waals surface area contributed by atoms with Gasteiger partial charge in [-0.3, -0.25) is 4.79 Å². The molecule has 0 saturated carbocycles. The third-order valence-electron chi connectivity index (χ3n) is 3.35. The lowest BCUT2D eigenvalue weighted by Gasteiger charge is -2.36. The second-order valence-electron chi connectivity index (χ2n) is 4.95. The van der Waals surface area contributed by atoms with Gasteiger partial charge in [-0.25, -0.2) is 0 Å². The topological polar surface area (TPSA) is 65.0 Å². The van der Waals surface area contributed by atoms with Crippen LogP contribution in [0.15, 0.2) is 0 Å². The zero-order valence-corrected chi connectivity index (χ0v) is 13.1. The molecule has 1 aliphatic heterocycles. The molecule has 6 heteroatoms. The molecule has 6 nitrogen and oxygen atoms in total. The van der Waals surface area contributed by atoms with Crippen molar-refractivity contribution in [3.63, 3.8) is 0 Å². The van der Waals surface area contributed by atoms with Crippen LogP contribution in [0.2, 0.25) is 0 Å². The highest BCUT2D eigenvalue weighted by Crippen LogP contribution is 2.05. The summed E-state index contributed by atoms with van der Waals surface area (Å²) >= 11 is 0. The van der Waals surface area contributed by atoms with Gasteiger partial charge >= 0.3 is 5.97 Å². The number of ether oxygens (including phenoxy) is 3. The monoisotopic (exact) mass is 292 g/mol. The molecule has 20 heavy (non-hydrogen) atoms. The highest BCUT2D eigenvalue weighted by atomic mass is 16.5. The van der Waals surface area contributed by atoms with Crippen LogP contribution < -0.4 is 0 Å². The zero-order chi connectivity index (χ0) is 15.3. The first-order valence-corrected chi connectivity index (χ1v) is 7.32. The van der Waals surface area contributed by atoms with Crippen molar-refractivity contribution in [2.75, 3.05) is 66.3 Å². The van der Waals surface area contributed by atoms with Crippen LogP contribution in [-0.2, 0) is 19.0 Å². The smallest absolute Gasteiger partial charge is 0.305 e. The van der Waals surface area contributed by atoms with Crippen molar-refractivity contribution in [2.24, 2.45) is 0 Å². The van der Waals surface area contributed by atoms with Crippen molar-refractivity contribution in [3.8, 4) is 0 Å². The molecule has 1 saturated heterocycles. The van der Waals surface area contributed by atoms with Crippen molar-refractivity contribution >= 4 is 5.97 Å². The molecule has 0 unspecified atom stereocenters. The highest BCUT2D eigenvalue weighted by molar-refractivity contribution is 5.66. The minimum atomic E-state index is -0.832. The molecular formula is C14H30NO5+. The Bertz CT molecular complexity index is 242. The fraction of sp³-hybridized carbons (Fsp3) is 0.929. The summed E-state index contributed by atoms with van der Waals surface area (Å²) in [5.41, 5.74) is 0. The van der Waals surface area contributed by atoms with Crippen molar-refractivity contribution in [2.45, 2.75) is 20.3 Å². The van der Waals surface area contributed by atoms with Crippen molar-refractivity contribution < 1.29 is 28.6 Å². The fourth-order valence-corrected chi connectivity index (χ4v) is 1.62. The maximum absolute atomic E-state index is 9.98. The molecule has 1 rings (SSSR count). The molecular weight excluding hydrogens is 262 g/mol. The number of nitrogens with zero attached hydrogens (tertiary/aromatic N) is 1. The Balaban J connectivity index is 0.000000367. The molecule has 0 aliphatic carbocycles. The molecule has 120 valence electrons. The summed E-state index contributed by atoms with van der Waals surface area (Å²) in [5, 5.41) is 8.20. The number of carboxylic acid groups (broad SMARTS) is 1. The summed E-state index contributed by atoms with van der Waals surface area (Å²) in [6, 6.07) is 0. The first kappa shape index (κ1) is 19.3. The molecule has 1 aliphatic rings. The van der Waals surface area contributed by atoms with Crippen LogP contribution in [0.4, 0.5) is 0 Å². The van der Waals surface area contributed by atoms with E-state index in [2.05, 4.69) is 14.0 Å². The summed E-state index contributed by atoms with van der Waals surface area (Å²) in [6.45, 7) is 11.6. The van der Waals surface area contributed by atoms with E-state index in [1.807, 2.05) is 6.92 Å². The summed E-state index contributed by atoms with van der Waals surface area (Å²) in [6.07, 6.45) is 0.0616. The van der Waals surface area contributed by atoms with Gasteiger partial charge in [0.1, 0.15) is 13.1 Å². The predicted octanol–water partition coefficient (Wildman–Crippen LogP) is 0.997. The quantitative estimate of drug-likeness (QED) is 0.534. The maximum Gasteiger partial charge on any atom is 0.305 e. The van der Waals surface area contributed by atoms with Crippen molar-refractivity contribution in [1.82, 2.24) is 0 Å². The number of hydrogen-bond donors (Lipinski definition) is 1. The molecule has 1 fully saturated rings. The van der Waals surface area contributed by atoms with Crippen molar-refractivity contribution in [1.29, 1.82) is 0 Å². The van der Waals surface area contributed by atoms with Gasteiger partial charge in [0.15, 0.2) is 0 Å². The molecule has 0 atom stereocenters. The molecule has 0 spiro atoms. The Morgan fingerprint density at radius 1 is 1.15 bits per heavy atom. The van der Waals surface area contributed by atoms with Gasteiger partial charge in [0.2, 0.25) is 0 Å². The Hall–Kier alpha value is -0.690. The minimum Gasteiger partial charge on any atom is -0.481 e. The first-order chi connectivity index (χ1) is 9.54. The van der Waals surface area contributed by atoms with E-state index in [0.29, 0.717) is 19.8 Å². The third kappa shape index (κ3) is 11.2. The number of quaternary nitrogens is 1. The molecule has 0 aromatic rings. The van der Waals surface area contributed by atoms with E-state index in [-0.39, 0.29) is 13.0 Å². The van der Waals surface area contributed by atoms with Crippen LogP contribution in [0.25, 0.3) is 0 Å². The highest BCUT2D eigenvalue weighted by Gasteiger charge is 2.21. The Labute approximate surface area is 122 Å². The van der Waals surface area contributed by atoms with Crippen LogP contribution in [0.1, 0.15) is 20.3 Å². The summed E-state index contributed by atoms with van der Waals surface area (Å²) in [5.74, 6) is -0.832.